The second kappa shape index (κ2) is 8.54. The molecule has 1 aliphatic carbocycles. The standard InChI is InChI=1S/C24H31NO3/c1-27-22-14-19-13-20(24(26)21(19)15-23(22)28-2)12-17-8-10-25(11-9-17)16-18-6-4-3-5-7-18/h3-7,14-15,17,20,24,26H,8-13,16H2,1-2H3/t20-,24+/m0/s1. The average molecular weight is 382 g/mol. The Bertz CT molecular complexity index is 784. The van der Waals surface area contributed by atoms with Crippen LogP contribution < -0.4 is 9.47 Å². The molecule has 2 aromatic rings. The van der Waals surface area contributed by atoms with Gasteiger partial charge in [0.2, 0.25) is 0 Å². The lowest BCUT2D eigenvalue weighted by Gasteiger charge is -2.33. The monoisotopic (exact) mass is 381 g/mol. The summed E-state index contributed by atoms with van der Waals surface area (Å²) < 4.78 is 10.8. The minimum absolute atomic E-state index is 0.303. The fourth-order valence-corrected chi connectivity index (χ4v) is 4.90. The molecule has 150 valence electrons. The Hall–Kier alpha value is -2.04. The number of piperidine rings is 1. The number of rotatable bonds is 6. The first kappa shape index (κ1) is 19.3. The smallest absolute Gasteiger partial charge is 0.161 e. The maximum atomic E-state index is 10.9. The normalized spacial score (nSPS) is 22.8. The van der Waals surface area contributed by atoms with E-state index in [-0.39, 0.29) is 0 Å². The van der Waals surface area contributed by atoms with Crippen LogP contribution >= 0.6 is 0 Å². The van der Waals surface area contributed by atoms with Gasteiger partial charge in [-0.05, 0) is 79.4 Å². The number of ether oxygens (including phenoxy) is 2. The lowest BCUT2D eigenvalue weighted by Crippen LogP contribution is -2.34. The molecule has 1 fully saturated rings. The molecule has 1 saturated heterocycles. The molecule has 2 aromatic carbocycles. The Morgan fingerprint density at radius 3 is 2.36 bits per heavy atom. The van der Waals surface area contributed by atoms with Crippen molar-refractivity contribution in [3.8, 4) is 11.5 Å². The molecule has 2 atom stereocenters. The third kappa shape index (κ3) is 4.03. The molecule has 0 amide bonds. The number of fused-ring (bicyclic) bond motifs is 1. The molecule has 4 rings (SSSR count). The lowest BCUT2D eigenvalue weighted by atomic mass is 9.85. The molecule has 28 heavy (non-hydrogen) atoms. The van der Waals surface area contributed by atoms with Gasteiger partial charge >= 0.3 is 0 Å². The van der Waals surface area contributed by atoms with Crippen molar-refractivity contribution in [2.24, 2.45) is 11.8 Å². The van der Waals surface area contributed by atoms with Gasteiger partial charge in [0.1, 0.15) is 0 Å². The zero-order valence-corrected chi connectivity index (χ0v) is 16.9. The maximum absolute atomic E-state index is 10.9. The minimum Gasteiger partial charge on any atom is -0.493 e. The molecule has 4 nitrogen and oxygen atoms in total. The number of hydrogen-bond donors (Lipinski definition) is 1. The van der Waals surface area contributed by atoms with Crippen LogP contribution in [-0.4, -0.2) is 37.3 Å². The van der Waals surface area contributed by atoms with Crippen LogP contribution in [0.5, 0.6) is 11.5 Å². The number of nitrogens with zero attached hydrogens (tertiary/aromatic N) is 1. The van der Waals surface area contributed by atoms with Crippen molar-refractivity contribution in [2.45, 2.75) is 38.3 Å². The second-order valence-corrected chi connectivity index (χ2v) is 8.26. The highest BCUT2D eigenvalue weighted by Crippen LogP contribution is 2.45. The molecule has 0 bridgehead atoms. The summed E-state index contributed by atoms with van der Waals surface area (Å²) in [5.41, 5.74) is 3.62. The van der Waals surface area contributed by atoms with Gasteiger partial charge in [-0.25, -0.2) is 0 Å². The molecule has 1 N–H and O–H groups in total. The van der Waals surface area contributed by atoms with E-state index in [2.05, 4.69) is 35.2 Å². The molecular weight excluding hydrogens is 350 g/mol. The molecule has 0 spiro atoms. The quantitative estimate of drug-likeness (QED) is 0.814. The van der Waals surface area contributed by atoms with Gasteiger partial charge < -0.3 is 14.6 Å². The van der Waals surface area contributed by atoms with Crippen molar-refractivity contribution in [1.82, 2.24) is 4.90 Å². The van der Waals surface area contributed by atoms with Crippen LogP contribution in [0.2, 0.25) is 0 Å². The summed E-state index contributed by atoms with van der Waals surface area (Å²) in [7, 11) is 3.31. The largest absolute Gasteiger partial charge is 0.493 e. The molecule has 0 radical (unpaired) electrons. The summed E-state index contributed by atoms with van der Waals surface area (Å²) in [6.07, 6.45) is 4.08. The fraction of sp³-hybridized carbons (Fsp3) is 0.500. The van der Waals surface area contributed by atoms with E-state index in [4.69, 9.17) is 9.47 Å². The van der Waals surface area contributed by atoms with Crippen molar-refractivity contribution in [2.75, 3.05) is 27.3 Å². The zero-order chi connectivity index (χ0) is 19.5. The first-order valence-electron chi connectivity index (χ1n) is 10.4. The van der Waals surface area contributed by atoms with Crippen LogP contribution in [-0.2, 0) is 13.0 Å². The molecule has 0 saturated carbocycles. The van der Waals surface area contributed by atoms with Crippen molar-refractivity contribution in [3.05, 3.63) is 59.2 Å². The highest BCUT2D eigenvalue weighted by atomic mass is 16.5. The van der Waals surface area contributed by atoms with Crippen LogP contribution in [0.4, 0.5) is 0 Å². The topological polar surface area (TPSA) is 41.9 Å². The average Bonchev–Trinajstić information content (AvgIpc) is 3.03. The van der Waals surface area contributed by atoms with Crippen LogP contribution in [0.3, 0.4) is 0 Å². The summed E-state index contributed by atoms with van der Waals surface area (Å²) in [4.78, 5) is 2.56. The second-order valence-electron chi connectivity index (χ2n) is 8.26. The van der Waals surface area contributed by atoms with E-state index in [1.807, 2.05) is 12.1 Å². The predicted molar refractivity (Wildman–Crippen MR) is 111 cm³/mol. The predicted octanol–water partition coefficient (Wildman–Crippen LogP) is 4.21. The van der Waals surface area contributed by atoms with Crippen molar-refractivity contribution in [1.29, 1.82) is 0 Å². The molecule has 4 heteroatoms. The third-order valence-corrected chi connectivity index (χ3v) is 6.48. The van der Waals surface area contributed by atoms with Gasteiger partial charge in [-0.3, -0.25) is 4.90 Å². The van der Waals surface area contributed by atoms with E-state index < -0.39 is 6.10 Å². The Balaban J connectivity index is 1.33. The van der Waals surface area contributed by atoms with Gasteiger partial charge in [-0.2, -0.15) is 0 Å². The van der Waals surface area contributed by atoms with E-state index in [1.165, 1.54) is 24.0 Å². The zero-order valence-electron chi connectivity index (χ0n) is 16.9. The molecule has 1 heterocycles. The van der Waals surface area contributed by atoms with Gasteiger partial charge in [0.15, 0.2) is 11.5 Å². The number of methoxy groups -OCH3 is 2. The van der Waals surface area contributed by atoms with Crippen molar-refractivity contribution >= 4 is 0 Å². The van der Waals surface area contributed by atoms with E-state index in [9.17, 15) is 5.11 Å². The Morgan fingerprint density at radius 1 is 1.00 bits per heavy atom. The lowest BCUT2D eigenvalue weighted by molar-refractivity contribution is 0.0894. The first-order chi connectivity index (χ1) is 13.7. The van der Waals surface area contributed by atoms with Crippen molar-refractivity contribution in [3.63, 3.8) is 0 Å². The van der Waals surface area contributed by atoms with Crippen molar-refractivity contribution < 1.29 is 14.6 Å². The van der Waals surface area contributed by atoms with Crippen LogP contribution in [0, 0.1) is 11.8 Å². The molecule has 0 unspecified atom stereocenters. The summed E-state index contributed by atoms with van der Waals surface area (Å²) >= 11 is 0. The third-order valence-electron chi connectivity index (χ3n) is 6.48. The number of benzene rings is 2. The summed E-state index contributed by atoms with van der Waals surface area (Å²) in [6, 6.07) is 14.7. The van der Waals surface area contributed by atoms with Crippen LogP contribution in [0.25, 0.3) is 0 Å². The summed E-state index contributed by atoms with van der Waals surface area (Å²) in [6.45, 7) is 3.35. The Kier molecular flexibility index (Phi) is 5.88. The van der Waals surface area contributed by atoms with Gasteiger partial charge in [0.05, 0.1) is 20.3 Å². The minimum atomic E-state index is -0.392. The fourth-order valence-electron chi connectivity index (χ4n) is 4.90. The molecule has 0 aromatic heterocycles. The van der Waals surface area contributed by atoms with Crippen LogP contribution in [0.1, 0.15) is 42.1 Å². The van der Waals surface area contributed by atoms with E-state index in [1.54, 1.807) is 14.2 Å². The number of aliphatic hydroxyl groups excluding tert-OH is 1. The van der Waals surface area contributed by atoms with Crippen LogP contribution in [0.15, 0.2) is 42.5 Å². The maximum Gasteiger partial charge on any atom is 0.161 e. The Morgan fingerprint density at radius 2 is 1.68 bits per heavy atom. The highest BCUT2D eigenvalue weighted by molar-refractivity contribution is 5.50. The molecule has 1 aliphatic heterocycles. The summed E-state index contributed by atoms with van der Waals surface area (Å²) in [5, 5.41) is 10.9. The van der Waals surface area contributed by atoms with Gasteiger partial charge in [-0.1, -0.05) is 30.3 Å². The molecule has 2 aliphatic rings. The number of hydrogen-bond acceptors (Lipinski definition) is 4. The summed E-state index contributed by atoms with van der Waals surface area (Å²) in [5.74, 6) is 2.46. The van der Waals surface area contributed by atoms with E-state index >= 15 is 0 Å². The Labute approximate surface area is 168 Å². The SMILES string of the molecule is COc1cc2c(cc1OC)[C@H](O)[C@@H](CC1CCN(Cc3ccccc3)CC1)C2. The molecular formula is C24H31NO3. The van der Waals surface area contributed by atoms with E-state index in [0.717, 1.165) is 43.8 Å². The van der Waals surface area contributed by atoms with Gasteiger partial charge in [0.25, 0.3) is 0 Å². The highest BCUT2D eigenvalue weighted by Gasteiger charge is 2.34. The van der Waals surface area contributed by atoms with Gasteiger partial charge in [0, 0.05) is 6.54 Å². The van der Waals surface area contributed by atoms with Gasteiger partial charge in [-0.15, -0.1) is 0 Å². The number of likely N-dealkylation sites (tertiary alicyclic amines) is 1. The van der Waals surface area contributed by atoms with E-state index in [0.29, 0.717) is 17.6 Å². The first-order valence-corrected chi connectivity index (χ1v) is 10.4. The number of aliphatic hydroxyl groups is 1.